The minimum Gasteiger partial charge on any atom is -0.336 e. The summed E-state index contributed by atoms with van der Waals surface area (Å²) in [6.07, 6.45) is 0.957. The van der Waals surface area contributed by atoms with Crippen LogP contribution in [0.5, 0.6) is 0 Å². The first kappa shape index (κ1) is 17.1. The van der Waals surface area contributed by atoms with Gasteiger partial charge >= 0.3 is 6.03 Å². The number of imidazole rings is 1. The molecule has 6 nitrogen and oxygen atoms in total. The second kappa shape index (κ2) is 7.03. The number of nitrogens with zero attached hydrogens (tertiary/aromatic N) is 3. The van der Waals surface area contributed by atoms with Gasteiger partial charge in [0.15, 0.2) is 5.16 Å². The van der Waals surface area contributed by atoms with Gasteiger partial charge in [0.05, 0.1) is 16.3 Å². The van der Waals surface area contributed by atoms with Crippen molar-refractivity contribution in [1.82, 2.24) is 19.8 Å². The van der Waals surface area contributed by atoms with E-state index in [2.05, 4.69) is 21.8 Å². The van der Waals surface area contributed by atoms with Gasteiger partial charge in [-0.25, -0.2) is 9.78 Å². The van der Waals surface area contributed by atoms with E-state index in [1.54, 1.807) is 6.92 Å². The zero-order chi connectivity index (χ0) is 17.3. The van der Waals surface area contributed by atoms with Gasteiger partial charge in [0, 0.05) is 24.7 Å². The molecule has 0 radical (unpaired) electrons. The summed E-state index contributed by atoms with van der Waals surface area (Å²) < 4.78 is 2.10. The SMILES string of the molecule is CCCn1c(S[C@@H](C)C(=O)N2CCNC2=O)nc2cc(Cl)ccc21. The first-order valence-electron chi connectivity index (χ1n) is 7.93. The molecule has 1 aromatic heterocycles. The number of carbonyl (C=O) groups is 2. The molecule has 3 rings (SSSR count). The molecule has 1 fully saturated rings. The maximum atomic E-state index is 12.5. The highest BCUT2D eigenvalue weighted by atomic mass is 35.5. The molecule has 0 saturated carbocycles. The number of hydrogen-bond donors (Lipinski definition) is 1. The molecule has 0 spiro atoms. The predicted octanol–water partition coefficient (Wildman–Crippen LogP) is 3.13. The average molecular weight is 367 g/mol. The van der Waals surface area contributed by atoms with Crippen LogP contribution in [0.25, 0.3) is 11.0 Å². The van der Waals surface area contributed by atoms with Crippen LogP contribution >= 0.6 is 23.4 Å². The summed E-state index contributed by atoms with van der Waals surface area (Å²) in [5, 5.41) is 3.67. The largest absolute Gasteiger partial charge is 0.336 e. The smallest absolute Gasteiger partial charge is 0.324 e. The number of thioether (sulfide) groups is 1. The van der Waals surface area contributed by atoms with Gasteiger partial charge in [0.2, 0.25) is 5.91 Å². The fourth-order valence-electron chi connectivity index (χ4n) is 2.72. The number of hydrogen-bond acceptors (Lipinski definition) is 4. The lowest BCUT2D eigenvalue weighted by Crippen LogP contribution is -2.39. The number of nitrogens with one attached hydrogen (secondary N) is 1. The molecular formula is C16H19ClN4O2S. The van der Waals surface area contributed by atoms with E-state index in [4.69, 9.17) is 11.6 Å². The molecular weight excluding hydrogens is 348 g/mol. The summed E-state index contributed by atoms with van der Waals surface area (Å²) in [6.45, 7) is 5.64. The number of imide groups is 1. The normalized spacial score (nSPS) is 15.8. The number of urea groups is 1. The summed E-state index contributed by atoms with van der Waals surface area (Å²) in [5.41, 5.74) is 1.82. The van der Waals surface area contributed by atoms with Gasteiger partial charge < -0.3 is 9.88 Å². The van der Waals surface area contributed by atoms with E-state index in [1.165, 1.54) is 16.7 Å². The molecule has 1 N–H and O–H groups in total. The lowest BCUT2D eigenvalue weighted by Gasteiger charge is -2.17. The second-order valence-electron chi connectivity index (χ2n) is 5.66. The van der Waals surface area contributed by atoms with Crippen molar-refractivity contribution in [1.29, 1.82) is 0 Å². The van der Waals surface area contributed by atoms with Gasteiger partial charge in [-0.1, -0.05) is 30.3 Å². The Balaban J connectivity index is 1.87. The number of halogens is 1. The molecule has 8 heteroatoms. The van der Waals surface area contributed by atoms with Crippen molar-refractivity contribution in [2.24, 2.45) is 0 Å². The molecule has 1 aliphatic rings. The molecule has 1 aromatic carbocycles. The Hall–Kier alpha value is -1.73. The number of carbonyl (C=O) groups excluding carboxylic acids is 2. The maximum Gasteiger partial charge on any atom is 0.324 e. The van der Waals surface area contributed by atoms with E-state index in [1.807, 2.05) is 18.2 Å². The number of aromatic nitrogens is 2. The first-order chi connectivity index (χ1) is 11.5. The number of aryl methyl sites for hydroxylation is 1. The van der Waals surface area contributed by atoms with Crippen LogP contribution < -0.4 is 5.32 Å². The molecule has 3 amide bonds. The molecule has 1 atom stereocenters. The average Bonchev–Trinajstić information content (AvgIpc) is 3.11. The molecule has 2 aromatic rings. The second-order valence-corrected chi connectivity index (χ2v) is 7.41. The molecule has 0 bridgehead atoms. The zero-order valence-electron chi connectivity index (χ0n) is 13.6. The third-order valence-electron chi connectivity index (χ3n) is 3.88. The Morgan fingerprint density at radius 1 is 1.50 bits per heavy atom. The molecule has 2 heterocycles. The molecule has 128 valence electrons. The summed E-state index contributed by atoms with van der Waals surface area (Å²) in [6, 6.07) is 5.30. The first-order valence-corrected chi connectivity index (χ1v) is 9.18. The van der Waals surface area contributed by atoms with Gasteiger partial charge in [-0.2, -0.15) is 0 Å². The van der Waals surface area contributed by atoms with Crippen molar-refractivity contribution < 1.29 is 9.59 Å². The van der Waals surface area contributed by atoms with E-state index >= 15 is 0 Å². The van der Waals surface area contributed by atoms with Crippen LogP contribution in [0, 0.1) is 0 Å². The van der Waals surface area contributed by atoms with Gasteiger partial charge in [-0.15, -0.1) is 0 Å². The Bertz CT molecular complexity index is 792. The van der Waals surface area contributed by atoms with Crippen molar-refractivity contribution in [3.63, 3.8) is 0 Å². The van der Waals surface area contributed by atoms with E-state index in [9.17, 15) is 9.59 Å². The lowest BCUT2D eigenvalue weighted by atomic mass is 10.3. The molecule has 0 aliphatic carbocycles. The van der Waals surface area contributed by atoms with E-state index in [-0.39, 0.29) is 11.9 Å². The van der Waals surface area contributed by atoms with Crippen molar-refractivity contribution in [3.05, 3.63) is 23.2 Å². The standard InChI is InChI=1S/C16H19ClN4O2S/c1-3-7-20-13-5-4-11(17)9-12(13)19-16(20)24-10(2)14(22)21-8-6-18-15(21)23/h4-5,9-10H,3,6-8H2,1-2H3,(H,18,23)/t10-/m0/s1. The van der Waals surface area contributed by atoms with Crippen LogP contribution in [0.15, 0.2) is 23.4 Å². The molecule has 1 aliphatic heterocycles. The van der Waals surface area contributed by atoms with Crippen LogP contribution in [0.3, 0.4) is 0 Å². The molecule has 1 saturated heterocycles. The van der Waals surface area contributed by atoms with Gasteiger partial charge in [-0.05, 0) is 31.5 Å². The van der Waals surface area contributed by atoms with Crippen molar-refractivity contribution in [3.8, 4) is 0 Å². The summed E-state index contributed by atoms with van der Waals surface area (Å²) in [7, 11) is 0. The van der Waals surface area contributed by atoms with E-state index in [0.717, 1.165) is 29.2 Å². The van der Waals surface area contributed by atoms with Gasteiger partial charge in [0.25, 0.3) is 0 Å². The number of amides is 3. The highest BCUT2D eigenvalue weighted by Gasteiger charge is 2.31. The predicted molar refractivity (Wildman–Crippen MR) is 95.5 cm³/mol. The van der Waals surface area contributed by atoms with Crippen molar-refractivity contribution in [2.75, 3.05) is 13.1 Å². The summed E-state index contributed by atoms with van der Waals surface area (Å²) in [4.78, 5) is 30.0. The van der Waals surface area contributed by atoms with Crippen LogP contribution in [0.2, 0.25) is 5.02 Å². The topological polar surface area (TPSA) is 67.2 Å². The van der Waals surface area contributed by atoms with Crippen LogP contribution in [-0.4, -0.2) is 44.7 Å². The highest BCUT2D eigenvalue weighted by Crippen LogP contribution is 2.30. The fourth-order valence-corrected chi connectivity index (χ4v) is 3.90. The number of benzene rings is 1. The van der Waals surface area contributed by atoms with E-state index in [0.29, 0.717) is 18.1 Å². The Morgan fingerprint density at radius 3 is 2.96 bits per heavy atom. The summed E-state index contributed by atoms with van der Waals surface area (Å²) >= 11 is 7.43. The van der Waals surface area contributed by atoms with E-state index < -0.39 is 5.25 Å². The Kier molecular flexibility index (Phi) is 5.01. The van der Waals surface area contributed by atoms with Crippen molar-refractivity contribution >= 4 is 46.3 Å². The fraction of sp³-hybridized carbons (Fsp3) is 0.438. The lowest BCUT2D eigenvalue weighted by molar-refractivity contribution is -0.126. The van der Waals surface area contributed by atoms with Crippen molar-refractivity contribution in [2.45, 2.75) is 37.2 Å². The highest BCUT2D eigenvalue weighted by molar-refractivity contribution is 8.00. The zero-order valence-corrected chi connectivity index (χ0v) is 15.2. The quantitative estimate of drug-likeness (QED) is 0.825. The summed E-state index contributed by atoms with van der Waals surface area (Å²) in [5.74, 6) is -0.192. The third-order valence-corrected chi connectivity index (χ3v) is 5.19. The molecule has 24 heavy (non-hydrogen) atoms. The van der Waals surface area contributed by atoms with Gasteiger partial charge in [-0.3, -0.25) is 9.69 Å². The maximum absolute atomic E-state index is 12.5. The Morgan fingerprint density at radius 2 is 2.29 bits per heavy atom. The van der Waals surface area contributed by atoms with Crippen LogP contribution in [-0.2, 0) is 11.3 Å². The third kappa shape index (κ3) is 3.23. The number of rotatable bonds is 5. The monoisotopic (exact) mass is 366 g/mol. The van der Waals surface area contributed by atoms with Gasteiger partial charge in [0.1, 0.15) is 0 Å². The number of fused-ring (bicyclic) bond motifs is 1. The minimum atomic E-state index is -0.392. The Labute approximate surface area is 149 Å². The minimum absolute atomic E-state index is 0.192. The van der Waals surface area contributed by atoms with Crippen LogP contribution in [0.4, 0.5) is 4.79 Å². The van der Waals surface area contributed by atoms with Crippen LogP contribution in [0.1, 0.15) is 20.3 Å². The molecule has 0 unspecified atom stereocenters.